The lowest BCUT2D eigenvalue weighted by atomic mass is 10.2. The van der Waals surface area contributed by atoms with Gasteiger partial charge in [0.25, 0.3) is 0 Å². The van der Waals surface area contributed by atoms with Crippen LogP contribution in [0.5, 0.6) is 5.75 Å². The minimum absolute atomic E-state index is 0.484. The summed E-state index contributed by atoms with van der Waals surface area (Å²) in [7, 11) is 0. The number of nitrogens with zero attached hydrogens (tertiary/aromatic N) is 1. The average molecular weight is 290 g/mol. The Balaban J connectivity index is 1.52. The smallest absolute Gasteiger partial charge is 0.130 e. The van der Waals surface area contributed by atoms with Crippen molar-refractivity contribution in [3.63, 3.8) is 0 Å². The minimum Gasteiger partial charge on any atom is -0.487 e. The number of pyridine rings is 1. The minimum atomic E-state index is 0.484. The molecular formula is C19H18N2O. The first-order chi connectivity index (χ1) is 10.9. The summed E-state index contributed by atoms with van der Waals surface area (Å²) in [6, 6.07) is 24.1. The molecule has 0 radical (unpaired) electrons. The molecule has 3 heteroatoms. The first-order valence-corrected chi connectivity index (χ1v) is 7.31. The van der Waals surface area contributed by atoms with E-state index in [-0.39, 0.29) is 0 Å². The van der Waals surface area contributed by atoms with Crippen LogP contribution in [0.15, 0.2) is 79.0 Å². The third kappa shape index (κ3) is 4.09. The van der Waals surface area contributed by atoms with Gasteiger partial charge < -0.3 is 10.1 Å². The van der Waals surface area contributed by atoms with E-state index in [2.05, 4.69) is 22.4 Å². The fraction of sp³-hybridized carbons (Fsp3) is 0.105. The van der Waals surface area contributed by atoms with E-state index in [0.717, 1.165) is 23.7 Å². The zero-order valence-electron chi connectivity index (χ0n) is 12.3. The Bertz CT molecular complexity index is 619. The normalized spacial score (nSPS) is 10.2. The van der Waals surface area contributed by atoms with Crippen LogP contribution in [-0.4, -0.2) is 4.98 Å². The Morgan fingerprint density at radius 3 is 2.32 bits per heavy atom. The Labute approximate surface area is 130 Å². The Morgan fingerprint density at radius 1 is 0.818 bits per heavy atom. The van der Waals surface area contributed by atoms with Crippen LogP contribution in [0.2, 0.25) is 0 Å². The van der Waals surface area contributed by atoms with Crippen LogP contribution in [0.3, 0.4) is 0 Å². The van der Waals surface area contributed by atoms with Gasteiger partial charge in [-0.1, -0.05) is 36.4 Å². The summed E-state index contributed by atoms with van der Waals surface area (Å²) in [5.74, 6) is 0.843. The number of benzene rings is 2. The van der Waals surface area contributed by atoms with Gasteiger partial charge in [-0.25, -0.2) is 0 Å². The first kappa shape index (κ1) is 14.1. The van der Waals surface area contributed by atoms with Gasteiger partial charge in [0.05, 0.1) is 5.69 Å². The van der Waals surface area contributed by atoms with Crippen molar-refractivity contribution in [2.24, 2.45) is 0 Å². The van der Waals surface area contributed by atoms with E-state index in [0.29, 0.717) is 6.61 Å². The van der Waals surface area contributed by atoms with E-state index in [1.807, 2.05) is 60.7 Å². The van der Waals surface area contributed by atoms with E-state index in [9.17, 15) is 0 Å². The fourth-order valence-corrected chi connectivity index (χ4v) is 2.11. The Kier molecular flexibility index (Phi) is 4.67. The Hall–Kier alpha value is -2.81. The second-order valence-corrected chi connectivity index (χ2v) is 4.97. The standard InChI is InChI=1S/C19H18N2O/c1-2-6-16(7-3-1)14-21-17-9-11-19(12-10-17)22-15-18-8-4-5-13-20-18/h1-13,21H,14-15H2. The van der Waals surface area contributed by atoms with Gasteiger partial charge in [0.2, 0.25) is 0 Å². The maximum absolute atomic E-state index is 5.72. The molecule has 1 N–H and O–H groups in total. The van der Waals surface area contributed by atoms with Crippen LogP contribution in [0.25, 0.3) is 0 Å². The summed E-state index contributed by atoms with van der Waals surface area (Å²) >= 11 is 0. The summed E-state index contributed by atoms with van der Waals surface area (Å²) in [6.07, 6.45) is 1.77. The number of rotatable bonds is 6. The van der Waals surface area contributed by atoms with Crippen molar-refractivity contribution in [2.45, 2.75) is 13.2 Å². The van der Waals surface area contributed by atoms with Crippen molar-refractivity contribution < 1.29 is 4.74 Å². The predicted molar refractivity (Wildman–Crippen MR) is 88.8 cm³/mol. The summed E-state index contributed by atoms with van der Waals surface area (Å²) in [6.45, 7) is 1.30. The number of anilines is 1. The van der Waals surface area contributed by atoms with E-state index >= 15 is 0 Å². The summed E-state index contributed by atoms with van der Waals surface area (Å²) in [4.78, 5) is 4.24. The SMILES string of the molecule is c1ccc(CNc2ccc(OCc3ccccn3)cc2)cc1. The quantitative estimate of drug-likeness (QED) is 0.736. The Morgan fingerprint density at radius 2 is 1.59 bits per heavy atom. The lowest BCUT2D eigenvalue weighted by molar-refractivity contribution is 0.301. The van der Waals surface area contributed by atoms with Gasteiger partial charge in [0.15, 0.2) is 0 Å². The highest BCUT2D eigenvalue weighted by molar-refractivity contribution is 5.46. The zero-order chi connectivity index (χ0) is 15.0. The van der Waals surface area contributed by atoms with Crippen LogP contribution in [-0.2, 0) is 13.2 Å². The van der Waals surface area contributed by atoms with Crippen LogP contribution in [0.4, 0.5) is 5.69 Å². The molecule has 1 heterocycles. The first-order valence-electron chi connectivity index (χ1n) is 7.31. The molecule has 22 heavy (non-hydrogen) atoms. The van der Waals surface area contributed by atoms with Gasteiger partial charge in [0, 0.05) is 18.4 Å². The molecule has 0 saturated carbocycles. The number of hydrogen-bond acceptors (Lipinski definition) is 3. The molecule has 0 spiro atoms. The highest BCUT2D eigenvalue weighted by Gasteiger charge is 1.98. The number of ether oxygens (including phenoxy) is 1. The van der Waals surface area contributed by atoms with Crippen molar-refractivity contribution in [2.75, 3.05) is 5.32 Å². The second kappa shape index (κ2) is 7.27. The molecule has 110 valence electrons. The second-order valence-electron chi connectivity index (χ2n) is 4.97. The van der Waals surface area contributed by atoms with Gasteiger partial charge in [0.1, 0.15) is 12.4 Å². The molecule has 0 unspecified atom stereocenters. The maximum atomic E-state index is 5.72. The van der Waals surface area contributed by atoms with Crippen molar-refractivity contribution in [1.29, 1.82) is 0 Å². The van der Waals surface area contributed by atoms with Crippen LogP contribution >= 0.6 is 0 Å². The molecule has 3 rings (SSSR count). The van der Waals surface area contributed by atoms with E-state index in [1.54, 1.807) is 6.20 Å². The predicted octanol–water partition coefficient (Wildman–Crippen LogP) is 4.27. The van der Waals surface area contributed by atoms with Crippen LogP contribution in [0, 0.1) is 0 Å². The van der Waals surface area contributed by atoms with Gasteiger partial charge in [-0.05, 0) is 42.0 Å². The molecule has 1 aromatic heterocycles. The lowest BCUT2D eigenvalue weighted by Gasteiger charge is -2.09. The molecule has 0 bridgehead atoms. The van der Waals surface area contributed by atoms with Crippen molar-refractivity contribution in [1.82, 2.24) is 4.98 Å². The molecule has 3 aromatic rings. The molecule has 0 atom stereocenters. The molecule has 0 amide bonds. The molecular weight excluding hydrogens is 272 g/mol. The summed E-state index contributed by atoms with van der Waals surface area (Å²) in [5.41, 5.74) is 3.26. The van der Waals surface area contributed by atoms with Gasteiger partial charge in [-0.15, -0.1) is 0 Å². The fourth-order valence-electron chi connectivity index (χ4n) is 2.11. The molecule has 3 nitrogen and oxygen atoms in total. The molecule has 0 fully saturated rings. The molecule has 0 aliphatic heterocycles. The third-order valence-corrected chi connectivity index (χ3v) is 3.31. The van der Waals surface area contributed by atoms with Crippen molar-refractivity contribution in [3.8, 4) is 5.75 Å². The number of hydrogen-bond donors (Lipinski definition) is 1. The summed E-state index contributed by atoms with van der Waals surface area (Å²) in [5, 5.41) is 3.39. The molecule has 0 saturated heterocycles. The van der Waals surface area contributed by atoms with Gasteiger partial charge in [-0.2, -0.15) is 0 Å². The van der Waals surface area contributed by atoms with Gasteiger partial charge >= 0.3 is 0 Å². The lowest BCUT2D eigenvalue weighted by Crippen LogP contribution is -2.00. The highest BCUT2D eigenvalue weighted by Crippen LogP contribution is 2.17. The van der Waals surface area contributed by atoms with E-state index in [4.69, 9.17) is 4.74 Å². The monoisotopic (exact) mass is 290 g/mol. The van der Waals surface area contributed by atoms with Gasteiger partial charge in [-0.3, -0.25) is 4.98 Å². The third-order valence-electron chi connectivity index (χ3n) is 3.31. The van der Waals surface area contributed by atoms with Crippen LogP contribution in [0.1, 0.15) is 11.3 Å². The summed E-state index contributed by atoms with van der Waals surface area (Å²) < 4.78 is 5.72. The largest absolute Gasteiger partial charge is 0.487 e. The maximum Gasteiger partial charge on any atom is 0.130 e. The van der Waals surface area contributed by atoms with Crippen LogP contribution < -0.4 is 10.1 Å². The molecule has 0 aliphatic rings. The van der Waals surface area contributed by atoms with Crippen molar-refractivity contribution >= 4 is 5.69 Å². The molecule has 0 aliphatic carbocycles. The topological polar surface area (TPSA) is 34.1 Å². The number of nitrogens with one attached hydrogen (secondary N) is 1. The van der Waals surface area contributed by atoms with E-state index in [1.165, 1.54) is 5.56 Å². The highest BCUT2D eigenvalue weighted by atomic mass is 16.5. The van der Waals surface area contributed by atoms with Crippen molar-refractivity contribution in [3.05, 3.63) is 90.3 Å². The average Bonchev–Trinajstić information content (AvgIpc) is 2.61. The molecule has 2 aromatic carbocycles. The number of aromatic nitrogens is 1. The van der Waals surface area contributed by atoms with E-state index < -0.39 is 0 Å². The zero-order valence-corrected chi connectivity index (χ0v) is 12.3.